The maximum atomic E-state index is 11.4. The first-order chi connectivity index (χ1) is 9.29. The number of sulfonamides is 1. The maximum Gasteiger partial charge on any atom is 0.250 e. The van der Waals surface area contributed by atoms with E-state index in [9.17, 15) is 13.2 Å². The van der Waals surface area contributed by atoms with Crippen LogP contribution in [0.25, 0.3) is 0 Å². The van der Waals surface area contributed by atoms with Gasteiger partial charge in [-0.3, -0.25) is 4.79 Å². The number of benzene rings is 1. The minimum atomic E-state index is -3.15. The first kappa shape index (κ1) is 14.6. The molecule has 1 aromatic carbocycles. The number of hydrogen-bond acceptors (Lipinski definition) is 5. The summed E-state index contributed by atoms with van der Waals surface area (Å²) in [6.07, 6.45) is 1.21. The number of amides is 1. The molecule has 0 radical (unpaired) electrons. The summed E-state index contributed by atoms with van der Waals surface area (Å²) in [4.78, 5) is 13.3. The standard InChI is InChI=1S/C12H18N4O3S/c1-20(18,19)16-6-4-15(5-7-16)9-2-3-11(13)10(8-9)12(14)17/h2-3,8H,4-7,13H2,1H3,(H2,14,17). The number of anilines is 2. The molecule has 110 valence electrons. The number of nitrogens with two attached hydrogens (primary N) is 2. The summed E-state index contributed by atoms with van der Waals surface area (Å²) in [6, 6.07) is 5.09. The van der Waals surface area contributed by atoms with Gasteiger partial charge < -0.3 is 16.4 Å². The lowest BCUT2D eigenvalue weighted by atomic mass is 10.1. The van der Waals surface area contributed by atoms with Crippen LogP contribution in [0.4, 0.5) is 11.4 Å². The number of piperazine rings is 1. The van der Waals surface area contributed by atoms with E-state index in [0.717, 1.165) is 5.69 Å². The smallest absolute Gasteiger partial charge is 0.250 e. The lowest BCUT2D eigenvalue weighted by molar-refractivity contribution is 0.100. The molecular formula is C12H18N4O3S. The van der Waals surface area contributed by atoms with Gasteiger partial charge in [-0.05, 0) is 18.2 Å². The number of primary amides is 1. The molecule has 1 fully saturated rings. The first-order valence-electron chi connectivity index (χ1n) is 6.18. The minimum Gasteiger partial charge on any atom is -0.398 e. The van der Waals surface area contributed by atoms with Crippen LogP contribution in [0.3, 0.4) is 0 Å². The van der Waals surface area contributed by atoms with Crippen molar-refractivity contribution in [1.82, 2.24) is 4.31 Å². The predicted molar refractivity (Wildman–Crippen MR) is 78.0 cm³/mol. The number of nitrogen functional groups attached to an aromatic ring is 1. The predicted octanol–water partition coefficient (Wildman–Crippen LogP) is -0.551. The van der Waals surface area contributed by atoms with Crippen molar-refractivity contribution in [2.24, 2.45) is 5.73 Å². The van der Waals surface area contributed by atoms with Crippen molar-refractivity contribution in [2.75, 3.05) is 43.1 Å². The van der Waals surface area contributed by atoms with E-state index in [-0.39, 0.29) is 5.56 Å². The third-order valence-corrected chi connectivity index (χ3v) is 4.68. The molecule has 0 aromatic heterocycles. The van der Waals surface area contributed by atoms with Gasteiger partial charge in [-0.1, -0.05) is 0 Å². The zero-order valence-corrected chi connectivity index (χ0v) is 12.1. The average molecular weight is 298 g/mol. The second-order valence-corrected chi connectivity index (χ2v) is 6.77. The van der Waals surface area contributed by atoms with Crippen LogP contribution in [0.15, 0.2) is 18.2 Å². The lowest BCUT2D eigenvalue weighted by Gasteiger charge is -2.34. The quantitative estimate of drug-likeness (QED) is 0.728. The molecule has 20 heavy (non-hydrogen) atoms. The van der Waals surface area contributed by atoms with Crippen LogP contribution in [0.2, 0.25) is 0 Å². The first-order valence-corrected chi connectivity index (χ1v) is 8.03. The van der Waals surface area contributed by atoms with Gasteiger partial charge in [-0.15, -0.1) is 0 Å². The Balaban J connectivity index is 2.15. The molecular weight excluding hydrogens is 280 g/mol. The molecule has 0 bridgehead atoms. The second kappa shape index (κ2) is 5.29. The van der Waals surface area contributed by atoms with Gasteiger partial charge in [0.1, 0.15) is 0 Å². The van der Waals surface area contributed by atoms with Crippen LogP contribution in [0.5, 0.6) is 0 Å². The van der Waals surface area contributed by atoms with Crippen LogP contribution in [-0.2, 0) is 10.0 Å². The molecule has 0 spiro atoms. The molecule has 1 heterocycles. The van der Waals surface area contributed by atoms with Crippen LogP contribution >= 0.6 is 0 Å². The molecule has 8 heteroatoms. The van der Waals surface area contributed by atoms with E-state index < -0.39 is 15.9 Å². The Hall–Kier alpha value is -1.80. The van der Waals surface area contributed by atoms with E-state index in [0.29, 0.717) is 31.9 Å². The highest BCUT2D eigenvalue weighted by Crippen LogP contribution is 2.22. The van der Waals surface area contributed by atoms with Gasteiger partial charge in [0, 0.05) is 37.6 Å². The fourth-order valence-electron chi connectivity index (χ4n) is 2.23. The van der Waals surface area contributed by atoms with Gasteiger partial charge in [0.2, 0.25) is 10.0 Å². The van der Waals surface area contributed by atoms with Gasteiger partial charge in [0.05, 0.1) is 11.8 Å². The summed E-state index contributed by atoms with van der Waals surface area (Å²) in [5.74, 6) is -0.570. The molecule has 0 aliphatic carbocycles. The number of nitrogens with zero attached hydrogens (tertiary/aromatic N) is 2. The van der Waals surface area contributed by atoms with Crippen molar-refractivity contribution in [1.29, 1.82) is 0 Å². The summed E-state index contributed by atoms with van der Waals surface area (Å²) in [6.45, 7) is 1.98. The zero-order chi connectivity index (χ0) is 14.9. The van der Waals surface area contributed by atoms with E-state index in [2.05, 4.69) is 0 Å². The molecule has 1 aliphatic heterocycles. The van der Waals surface area contributed by atoms with E-state index >= 15 is 0 Å². The Labute approximate surface area is 118 Å². The molecule has 4 N–H and O–H groups in total. The summed E-state index contributed by atoms with van der Waals surface area (Å²) in [5, 5.41) is 0. The highest BCUT2D eigenvalue weighted by atomic mass is 32.2. The Morgan fingerprint density at radius 1 is 1.20 bits per heavy atom. The largest absolute Gasteiger partial charge is 0.398 e. The highest BCUT2D eigenvalue weighted by molar-refractivity contribution is 7.88. The lowest BCUT2D eigenvalue weighted by Crippen LogP contribution is -2.48. The molecule has 0 atom stereocenters. The van der Waals surface area contributed by atoms with Crippen LogP contribution in [0, 0.1) is 0 Å². The molecule has 1 saturated heterocycles. The average Bonchev–Trinajstić information content (AvgIpc) is 2.38. The fraction of sp³-hybridized carbons (Fsp3) is 0.417. The highest BCUT2D eigenvalue weighted by Gasteiger charge is 2.23. The van der Waals surface area contributed by atoms with Crippen molar-refractivity contribution >= 4 is 27.3 Å². The topological polar surface area (TPSA) is 110 Å². The van der Waals surface area contributed by atoms with Crippen molar-refractivity contribution < 1.29 is 13.2 Å². The Kier molecular flexibility index (Phi) is 3.87. The van der Waals surface area contributed by atoms with Gasteiger partial charge in [-0.2, -0.15) is 4.31 Å². The number of carbonyl (C=O) groups excluding carboxylic acids is 1. The van der Waals surface area contributed by atoms with Gasteiger partial charge >= 0.3 is 0 Å². The fourth-order valence-corrected chi connectivity index (χ4v) is 3.06. The molecule has 1 aromatic rings. The monoisotopic (exact) mass is 298 g/mol. The van der Waals surface area contributed by atoms with Crippen LogP contribution in [-0.4, -0.2) is 51.1 Å². The number of carbonyl (C=O) groups is 1. The molecule has 7 nitrogen and oxygen atoms in total. The third-order valence-electron chi connectivity index (χ3n) is 3.38. The van der Waals surface area contributed by atoms with E-state index in [4.69, 9.17) is 11.5 Å². The second-order valence-electron chi connectivity index (χ2n) is 4.78. The van der Waals surface area contributed by atoms with Crippen LogP contribution < -0.4 is 16.4 Å². The van der Waals surface area contributed by atoms with Crippen molar-refractivity contribution in [3.05, 3.63) is 23.8 Å². The van der Waals surface area contributed by atoms with Crippen molar-refractivity contribution in [3.63, 3.8) is 0 Å². The van der Waals surface area contributed by atoms with E-state index in [1.165, 1.54) is 10.6 Å². The van der Waals surface area contributed by atoms with Gasteiger partial charge in [-0.25, -0.2) is 8.42 Å². The summed E-state index contributed by atoms with van der Waals surface area (Å²) in [7, 11) is -3.15. The Bertz CT molecular complexity index is 622. The number of hydrogen-bond donors (Lipinski definition) is 2. The van der Waals surface area contributed by atoms with Crippen molar-refractivity contribution in [3.8, 4) is 0 Å². The van der Waals surface area contributed by atoms with Gasteiger partial charge in [0.25, 0.3) is 5.91 Å². The maximum absolute atomic E-state index is 11.4. The normalized spacial score (nSPS) is 17.1. The minimum absolute atomic E-state index is 0.285. The molecule has 1 amide bonds. The zero-order valence-electron chi connectivity index (χ0n) is 11.2. The van der Waals surface area contributed by atoms with E-state index in [1.807, 2.05) is 4.90 Å². The SMILES string of the molecule is CS(=O)(=O)N1CCN(c2ccc(N)c(C(N)=O)c2)CC1. The Morgan fingerprint density at radius 2 is 1.80 bits per heavy atom. The summed E-state index contributed by atoms with van der Waals surface area (Å²) >= 11 is 0. The van der Waals surface area contributed by atoms with Crippen LogP contribution in [0.1, 0.15) is 10.4 Å². The Morgan fingerprint density at radius 3 is 2.30 bits per heavy atom. The molecule has 1 aliphatic rings. The van der Waals surface area contributed by atoms with Crippen molar-refractivity contribution in [2.45, 2.75) is 0 Å². The third kappa shape index (κ3) is 3.02. The molecule has 0 saturated carbocycles. The molecule has 2 rings (SSSR count). The van der Waals surface area contributed by atoms with Gasteiger partial charge in [0.15, 0.2) is 0 Å². The van der Waals surface area contributed by atoms with E-state index in [1.54, 1.807) is 18.2 Å². The number of rotatable bonds is 3. The summed E-state index contributed by atoms with van der Waals surface area (Å²) < 4.78 is 24.3. The molecule has 0 unspecified atom stereocenters. The summed E-state index contributed by atoms with van der Waals surface area (Å²) in [5.41, 5.74) is 12.4.